The second kappa shape index (κ2) is 20.1. The molecule has 6 aromatic rings. The van der Waals surface area contributed by atoms with E-state index in [1.165, 1.54) is 35.1 Å². The summed E-state index contributed by atoms with van der Waals surface area (Å²) in [6.07, 6.45) is 6.23. The van der Waals surface area contributed by atoms with Crippen LogP contribution in [0.1, 0.15) is 53.9 Å². The molecule has 2 saturated heterocycles. The fourth-order valence-electron chi connectivity index (χ4n) is 6.44. The molecule has 0 radical (unpaired) electrons. The van der Waals surface area contributed by atoms with E-state index < -0.39 is 23.1 Å². The number of amides is 2. The minimum absolute atomic E-state index is 0.00250. The summed E-state index contributed by atoms with van der Waals surface area (Å²) in [4.78, 5) is 93.4. The monoisotopic (exact) mass is 860 g/mol. The summed E-state index contributed by atoms with van der Waals surface area (Å²) >= 11 is 8.95. The molecule has 308 valence electrons. The lowest BCUT2D eigenvalue weighted by Gasteiger charge is -2.36. The quantitative estimate of drug-likeness (QED) is 0.188. The van der Waals surface area contributed by atoms with Gasteiger partial charge in [-0.15, -0.1) is 22.7 Å². The number of esters is 2. The third-order valence-electron chi connectivity index (χ3n) is 9.25. The van der Waals surface area contributed by atoms with Crippen molar-refractivity contribution in [1.82, 2.24) is 35.1 Å². The van der Waals surface area contributed by atoms with Crippen LogP contribution in [0.2, 0.25) is 5.02 Å². The van der Waals surface area contributed by atoms with Crippen molar-refractivity contribution in [3.05, 3.63) is 119 Å². The van der Waals surface area contributed by atoms with Gasteiger partial charge in [0.25, 0.3) is 22.9 Å². The van der Waals surface area contributed by atoms with Crippen molar-refractivity contribution in [2.24, 2.45) is 0 Å². The first kappa shape index (κ1) is 42.7. The average Bonchev–Trinajstić information content (AvgIpc) is 4.00. The van der Waals surface area contributed by atoms with Crippen LogP contribution in [0.5, 0.6) is 0 Å². The fraction of sp³-hybridized carbons (Fsp3) is 0.300. The van der Waals surface area contributed by atoms with Gasteiger partial charge in [0.1, 0.15) is 11.1 Å². The van der Waals surface area contributed by atoms with Gasteiger partial charge in [-0.25, -0.2) is 9.59 Å². The van der Waals surface area contributed by atoms with Crippen LogP contribution in [0.25, 0.3) is 21.8 Å². The number of aromatic amines is 2. The van der Waals surface area contributed by atoms with E-state index in [1.807, 2.05) is 44.8 Å². The molecular formula is C40H41ClN8O8S2. The van der Waals surface area contributed by atoms with Gasteiger partial charge in [0.15, 0.2) is 0 Å². The number of anilines is 1. The smallest absolute Gasteiger partial charge is 0.345 e. The van der Waals surface area contributed by atoms with Gasteiger partial charge >= 0.3 is 11.9 Å². The molecule has 3 N–H and O–H groups in total. The van der Waals surface area contributed by atoms with E-state index in [4.69, 9.17) is 21.1 Å². The Morgan fingerprint density at radius 1 is 0.695 bits per heavy atom. The number of pyridine rings is 4. The second-order valence-corrected chi connectivity index (χ2v) is 15.2. The van der Waals surface area contributed by atoms with Gasteiger partial charge in [0.2, 0.25) is 0 Å². The molecule has 0 atom stereocenters. The second-order valence-electron chi connectivity index (χ2n) is 12.9. The van der Waals surface area contributed by atoms with Crippen molar-refractivity contribution in [2.75, 3.05) is 70.5 Å². The molecule has 2 aliphatic heterocycles. The summed E-state index contributed by atoms with van der Waals surface area (Å²) in [5, 5.41) is 8.29. The zero-order chi connectivity index (χ0) is 41.9. The normalized spacial score (nSPS) is 13.8. The molecule has 2 amide bonds. The number of nitrogens with one attached hydrogen (secondary N) is 3. The predicted molar refractivity (Wildman–Crippen MR) is 227 cm³/mol. The molecule has 2 fully saturated rings. The Morgan fingerprint density at radius 3 is 1.71 bits per heavy atom. The summed E-state index contributed by atoms with van der Waals surface area (Å²) in [5.41, 5.74) is 0.382. The lowest BCUT2D eigenvalue weighted by Crippen LogP contribution is -2.49. The zero-order valence-corrected chi connectivity index (χ0v) is 34.6. The molecule has 0 spiro atoms. The van der Waals surface area contributed by atoms with Crippen LogP contribution in [0, 0.1) is 0 Å². The van der Waals surface area contributed by atoms with Gasteiger partial charge in [-0.1, -0.05) is 23.7 Å². The molecule has 2 aliphatic rings. The molecule has 0 aliphatic carbocycles. The van der Waals surface area contributed by atoms with Crippen LogP contribution in [0.3, 0.4) is 0 Å². The Hall–Kier alpha value is -5.95. The number of carbonyl (C=O) groups excluding carboxylic acids is 4. The molecule has 8 heterocycles. The van der Waals surface area contributed by atoms with Crippen molar-refractivity contribution < 1.29 is 28.7 Å². The minimum Gasteiger partial charge on any atom is -0.462 e. The summed E-state index contributed by atoms with van der Waals surface area (Å²) < 4.78 is 9.90. The number of nitrogens with zero attached hydrogens (tertiary/aromatic N) is 5. The number of hydrogen-bond acceptors (Lipinski definition) is 14. The van der Waals surface area contributed by atoms with Crippen molar-refractivity contribution >= 4 is 85.5 Å². The van der Waals surface area contributed by atoms with E-state index in [0.29, 0.717) is 58.5 Å². The number of H-pyrrole nitrogens is 2. The summed E-state index contributed by atoms with van der Waals surface area (Å²) in [7, 11) is 0. The van der Waals surface area contributed by atoms with E-state index in [2.05, 4.69) is 25.3 Å². The summed E-state index contributed by atoms with van der Waals surface area (Å²) in [6, 6.07) is 10.8. The molecule has 6 aromatic heterocycles. The molecule has 0 unspecified atom stereocenters. The first-order valence-corrected chi connectivity index (χ1v) is 20.9. The van der Waals surface area contributed by atoms with Crippen LogP contribution >= 0.6 is 34.3 Å². The Labute approximate surface area is 350 Å². The summed E-state index contributed by atoms with van der Waals surface area (Å²) in [5.74, 6) is -1.21. The number of aromatic nitrogens is 4. The SMILES string of the molecule is CCOC(=O)c1c(Cl)c2cnccc2[nH]c1=O.CCOC(=O)c1c(N2CCN(C(=O)c3cccs3)CC2)c2cnccc2[nH]c1=O.O=C(c1cccs1)N1CCNCC1. The van der Waals surface area contributed by atoms with Crippen LogP contribution in [-0.4, -0.2) is 119 Å². The van der Waals surface area contributed by atoms with Gasteiger partial charge in [-0.05, 0) is 48.9 Å². The van der Waals surface area contributed by atoms with E-state index in [-0.39, 0.29) is 41.2 Å². The highest BCUT2D eigenvalue weighted by molar-refractivity contribution is 7.12. The molecule has 59 heavy (non-hydrogen) atoms. The lowest BCUT2D eigenvalue weighted by atomic mass is 10.1. The Morgan fingerprint density at radius 2 is 1.19 bits per heavy atom. The van der Waals surface area contributed by atoms with Gasteiger partial charge < -0.3 is 39.5 Å². The number of halogens is 1. The van der Waals surface area contributed by atoms with Gasteiger partial charge in [-0.2, -0.15) is 0 Å². The fourth-order valence-corrected chi connectivity index (χ4v) is 8.13. The minimum atomic E-state index is -0.732. The van der Waals surface area contributed by atoms with E-state index in [9.17, 15) is 28.8 Å². The highest BCUT2D eigenvalue weighted by Crippen LogP contribution is 2.29. The number of rotatable bonds is 7. The van der Waals surface area contributed by atoms with Crippen molar-refractivity contribution in [3.8, 4) is 0 Å². The Balaban J connectivity index is 0.000000165. The van der Waals surface area contributed by atoms with Gasteiger partial charge in [0, 0.05) is 87.9 Å². The maximum Gasteiger partial charge on any atom is 0.345 e. The van der Waals surface area contributed by atoms with Crippen LogP contribution in [0.15, 0.2) is 81.5 Å². The number of ether oxygens (including phenoxy) is 2. The number of carbonyl (C=O) groups is 4. The Kier molecular flexibility index (Phi) is 14.6. The van der Waals surface area contributed by atoms with Gasteiger partial charge in [-0.3, -0.25) is 29.1 Å². The highest BCUT2D eigenvalue weighted by atomic mass is 35.5. The molecule has 19 heteroatoms. The standard InChI is InChI=1S/C20H20N4O4S.C11H9ClN2O3.C9H12N2OS/c1-2-28-20(27)16-17(13-12-21-6-5-14(13)22-18(16)25)23-7-9-24(10-8-23)19(26)15-4-3-11-29-15;1-2-17-11(16)8-9(12)6-5-13-4-3-7(6)14-10(8)15;12-9(8-2-1-7-13-8)11-5-3-10-4-6-11/h3-6,11-12H,2,7-10H2,1H3,(H,22,25);3-5H,2H2,1H3,(H,14,15);1-2,7,10H,3-6H2. The molecule has 0 aromatic carbocycles. The summed E-state index contributed by atoms with van der Waals surface area (Å²) in [6.45, 7) is 9.17. The van der Waals surface area contributed by atoms with Gasteiger partial charge in [0.05, 0.1) is 44.7 Å². The average molecular weight is 861 g/mol. The molecule has 0 bridgehead atoms. The van der Waals surface area contributed by atoms with E-state index >= 15 is 0 Å². The molecular weight excluding hydrogens is 820 g/mol. The van der Waals surface area contributed by atoms with Crippen LogP contribution < -0.4 is 21.3 Å². The predicted octanol–water partition coefficient (Wildman–Crippen LogP) is 4.67. The van der Waals surface area contributed by atoms with Crippen molar-refractivity contribution in [2.45, 2.75) is 13.8 Å². The van der Waals surface area contributed by atoms with Crippen LogP contribution in [-0.2, 0) is 9.47 Å². The van der Waals surface area contributed by atoms with E-state index in [1.54, 1.807) is 43.3 Å². The first-order chi connectivity index (χ1) is 28.6. The zero-order valence-electron chi connectivity index (χ0n) is 32.2. The maximum absolute atomic E-state index is 12.7. The molecule has 8 rings (SSSR count). The highest BCUT2D eigenvalue weighted by Gasteiger charge is 2.29. The topological polar surface area (TPSA) is 200 Å². The largest absolute Gasteiger partial charge is 0.462 e. The third kappa shape index (κ3) is 10.0. The first-order valence-electron chi connectivity index (χ1n) is 18.7. The van der Waals surface area contributed by atoms with E-state index in [0.717, 1.165) is 31.1 Å². The van der Waals surface area contributed by atoms with Crippen molar-refractivity contribution in [3.63, 3.8) is 0 Å². The number of thiophene rings is 2. The molecule has 0 saturated carbocycles. The number of piperazine rings is 2. The lowest BCUT2D eigenvalue weighted by molar-refractivity contribution is 0.0515. The number of hydrogen-bond donors (Lipinski definition) is 3. The Bertz CT molecular complexity index is 2530. The van der Waals surface area contributed by atoms with Crippen molar-refractivity contribution in [1.29, 1.82) is 0 Å². The third-order valence-corrected chi connectivity index (χ3v) is 11.4. The van der Waals surface area contributed by atoms with Crippen LogP contribution in [0.4, 0.5) is 5.69 Å². The molecule has 16 nitrogen and oxygen atoms in total. The maximum atomic E-state index is 12.7. The number of fused-ring (bicyclic) bond motifs is 2.